The molecule has 102 valence electrons. The topological polar surface area (TPSA) is 24.5 Å². The maximum atomic E-state index is 5.51. The summed E-state index contributed by atoms with van der Waals surface area (Å²) in [6, 6.07) is 0.747. The second-order valence-electron chi connectivity index (χ2n) is 4.68. The van der Waals surface area contributed by atoms with Crippen molar-refractivity contribution in [1.82, 2.24) is 10.2 Å². The van der Waals surface area contributed by atoms with Crippen LogP contribution in [0.2, 0.25) is 0 Å². The van der Waals surface area contributed by atoms with Crippen LogP contribution in [0.3, 0.4) is 0 Å². The highest BCUT2D eigenvalue weighted by Crippen LogP contribution is 2.14. The van der Waals surface area contributed by atoms with Crippen LogP contribution in [-0.2, 0) is 4.74 Å². The lowest BCUT2D eigenvalue weighted by Gasteiger charge is -2.32. The third kappa shape index (κ3) is 7.29. The summed E-state index contributed by atoms with van der Waals surface area (Å²) in [5, 5.41) is 3.46. The third-order valence-electron chi connectivity index (χ3n) is 3.15. The molecule has 0 aromatic carbocycles. The lowest BCUT2D eigenvalue weighted by atomic mass is 10.3. The number of thioether (sulfide) groups is 1. The molecular formula is C13H28N2OS. The van der Waals surface area contributed by atoms with E-state index in [0.717, 1.165) is 32.3 Å². The van der Waals surface area contributed by atoms with Crippen molar-refractivity contribution < 1.29 is 4.74 Å². The minimum Gasteiger partial charge on any atom is -0.380 e. The number of ether oxygens (including phenoxy) is 1. The second-order valence-corrected chi connectivity index (χ2v) is 5.83. The molecule has 1 N–H and O–H groups in total. The maximum absolute atomic E-state index is 5.51. The summed E-state index contributed by atoms with van der Waals surface area (Å²) in [6.07, 6.45) is 2.40. The van der Waals surface area contributed by atoms with Gasteiger partial charge in [-0.1, -0.05) is 13.3 Å². The van der Waals surface area contributed by atoms with E-state index >= 15 is 0 Å². The van der Waals surface area contributed by atoms with Crippen LogP contribution < -0.4 is 5.32 Å². The van der Waals surface area contributed by atoms with Crippen molar-refractivity contribution in [3.05, 3.63) is 0 Å². The normalized spacial score (nSPS) is 21.9. The van der Waals surface area contributed by atoms with Gasteiger partial charge in [0.25, 0.3) is 0 Å². The highest BCUT2D eigenvalue weighted by Gasteiger charge is 2.17. The van der Waals surface area contributed by atoms with E-state index in [1.165, 1.54) is 37.4 Å². The molecule has 1 saturated heterocycles. The van der Waals surface area contributed by atoms with Gasteiger partial charge in [-0.05, 0) is 13.3 Å². The van der Waals surface area contributed by atoms with Crippen LogP contribution in [0.5, 0.6) is 0 Å². The molecule has 1 heterocycles. The van der Waals surface area contributed by atoms with Gasteiger partial charge < -0.3 is 10.1 Å². The van der Waals surface area contributed by atoms with Gasteiger partial charge in [0.15, 0.2) is 0 Å². The largest absolute Gasteiger partial charge is 0.380 e. The fraction of sp³-hybridized carbons (Fsp3) is 1.00. The van der Waals surface area contributed by atoms with Gasteiger partial charge in [0.2, 0.25) is 0 Å². The first-order valence-electron chi connectivity index (χ1n) is 6.95. The average molecular weight is 260 g/mol. The summed E-state index contributed by atoms with van der Waals surface area (Å²) in [6.45, 7) is 10.8. The van der Waals surface area contributed by atoms with E-state index in [1.54, 1.807) is 0 Å². The zero-order chi connectivity index (χ0) is 12.3. The van der Waals surface area contributed by atoms with E-state index in [2.05, 4.69) is 35.8 Å². The van der Waals surface area contributed by atoms with Crippen LogP contribution in [0.15, 0.2) is 0 Å². The lowest BCUT2D eigenvalue weighted by molar-refractivity contribution is 0.131. The number of hydrogen-bond acceptors (Lipinski definition) is 4. The van der Waals surface area contributed by atoms with E-state index in [1.807, 2.05) is 0 Å². The van der Waals surface area contributed by atoms with Crippen molar-refractivity contribution >= 4 is 11.8 Å². The smallest absolute Gasteiger partial charge is 0.0590 e. The third-order valence-corrected chi connectivity index (χ3v) is 4.34. The summed E-state index contributed by atoms with van der Waals surface area (Å²) in [7, 11) is 0. The van der Waals surface area contributed by atoms with Gasteiger partial charge in [-0.2, -0.15) is 11.8 Å². The Kier molecular flexibility index (Phi) is 9.16. The van der Waals surface area contributed by atoms with Crippen molar-refractivity contribution in [3.8, 4) is 0 Å². The molecule has 1 unspecified atom stereocenters. The standard InChI is InChI=1S/C13H28N2OS/c1-3-4-9-16-10-6-14-5-7-15-8-11-17-12-13(15)2/h13-14H,3-12H2,1-2H3. The number of hydrogen-bond donors (Lipinski definition) is 1. The predicted molar refractivity (Wildman–Crippen MR) is 77.0 cm³/mol. The Balaban J connectivity index is 1.86. The number of rotatable bonds is 9. The van der Waals surface area contributed by atoms with Crippen molar-refractivity contribution in [3.63, 3.8) is 0 Å². The SMILES string of the molecule is CCCCOCCNCCN1CCSCC1C. The van der Waals surface area contributed by atoms with E-state index in [4.69, 9.17) is 4.74 Å². The molecule has 0 saturated carbocycles. The number of unbranched alkanes of at least 4 members (excludes halogenated alkanes) is 1. The minimum atomic E-state index is 0.747. The van der Waals surface area contributed by atoms with Crippen molar-refractivity contribution in [2.24, 2.45) is 0 Å². The molecule has 3 nitrogen and oxygen atoms in total. The summed E-state index contributed by atoms with van der Waals surface area (Å²) in [4.78, 5) is 2.58. The van der Waals surface area contributed by atoms with E-state index in [9.17, 15) is 0 Å². The highest BCUT2D eigenvalue weighted by atomic mass is 32.2. The molecule has 0 aliphatic carbocycles. The van der Waals surface area contributed by atoms with Crippen molar-refractivity contribution in [1.29, 1.82) is 0 Å². The van der Waals surface area contributed by atoms with Gasteiger partial charge in [-0.3, -0.25) is 4.90 Å². The van der Waals surface area contributed by atoms with Gasteiger partial charge in [0, 0.05) is 50.3 Å². The molecule has 0 aromatic heterocycles. The van der Waals surface area contributed by atoms with Crippen molar-refractivity contribution in [2.75, 3.05) is 50.9 Å². The second kappa shape index (κ2) is 10.2. The summed E-state index contributed by atoms with van der Waals surface area (Å²) in [5.74, 6) is 2.59. The Bertz CT molecular complexity index is 181. The van der Waals surface area contributed by atoms with Crippen LogP contribution in [0.1, 0.15) is 26.7 Å². The highest BCUT2D eigenvalue weighted by molar-refractivity contribution is 7.99. The van der Waals surface area contributed by atoms with Crippen LogP contribution in [-0.4, -0.2) is 61.8 Å². The van der Waals surface area contributed by atoms with Gasteiger partial charge in [0.05, 0.1) is 6.61 Å². The molecular weight excluding hydrogens is 232 g/mol. The van der Waals surface area contributed by atoms with Gasteiger partial charge >= 0.3 is 0 Å². The average Bonchev–Trinajstić information content (AvgIpc) is 2.35. The van der Waals surface area contributed by atoms with Crippen LogP contribution in [0.4, 0.5) is 0 Å². The van der Waals surface area contributed by atoms with Crippen molar-refractivity contribution in [2.45, 2.75) is 32.7 Å². The van der Waals surface area contributed by atoms with Crippen LogP contribution >= 0.6 is 11.8 Å². The molecule has 1 fully saturated rings. The molecule has 1 rings (SSSR count). The zero-order valence-electron chi connectivity index (χ0n) is 11.4. The summed E-state index contributed by atoms with van der Waals surface area (Å²) < 4.78 is 5.51. The first kappa shape index (κ1) is 15.3. The number of nitrogens with one attached hydrogen (secondary N) is 1. The fourth-order valence-electron chi connectivity index (χ4n) is 1.93. The monoisotopic (exact) mass is 260 g/mol. The van der Waals surface area contributed by atoms with E-state index < -0.39 is 0 Å². The Morgan fingerprint density at radius 2 is 2.24 bits per heavy atom. The molecule has 17 heavy (non-hydrogen) atoms. The van der Waals surface area contributed by atoms with Gasteiger partial charge in [-0.25, -0.2) is 0 Å². The van der Waals surface area contributed by atoms with Gasteiger partial charge in [0.1, 0.15) is 0 Å². The first-order valence-corrected chi connectivity index (χ1v) is 8.10. The Morgan fingerprint density at radius 1 is 1.35 bits per heavy atom. The summed E-state index contributed by atoms with van der Waals surface area (Å²) in [5.41, 5.74) is 0. The first-order chi connectivity index (χ1) is 8.34. The predicted octanol–water partition coefficient (Wildman–Crippen LogP) is 1.83. The quantitative estimate of drug-likeness (QED) is 0.639. The van der Waals surface area contributed by atoms with E-state index in [-0.39, 0.29) is 0 Å². The molecule has 4 heteroatoms. The maximum Gasteiger partial charge on any atom is 0.0590 e. The Morgan fingerprint density at radius 3 is 3.00 bits per heavy atom. The van der Waals surface area contributed by atoms with Gasteiger partial charge in [-0.15, -0.1) is 0 Å². The molecule has 1 aliphatic rings. The fourth-order valence-corrected chi connectivity index (χ4v) is 3.02. The van der Waals surface area contributed by atoms with E-state index in [0.29, 0.717) is 0 Å². The Labute approximate surface area is 111 Å². The molecule has 0 radical (unpaired) electrons. The molecule has 0 spiro atoms. The molecule has 0 aromatic rings. The molecule has 1 aliphatic heterocycles. The number of nitrogens with zero attached hydrogens (tertiary/aromatic N) is 1. The summed E-state index contributed by atoms with van der Waals surface area (Å²) >= 11 is 2.08. The lowest BCUT2D eigenvalue weighted by Crippen LogP contribution is -2.44. The molecule has 0 bridgehead atoms. The van der Waals surface area contributed by atoms with Crippen LogP contribution in [0.25, 0.3) is 0 Å². The molecule has 0 amide bonds. The molecule has 1 atom stereocenters. The zero-order valence-corrected chi connectivity index (χ0v) is 12.2. The van der Waals surface area contributed by atoms with Crippen LogP contribution in [0, 0.1) is 0 Å². The Hall–Kier alpha value is 0.230. The minimum absolute atomic E-state index is 0.747.